The normalized spacial score (nSPS) is 18.5. The summed E-state index contributed by atoms with van der Waals surface area (Å²) in [6.07, 6.45) is 9.66. The molecule has 0 aromatic carbocycles. The SMILES string of the molecule is C[C@H]1CCCOc2c(cnn2C)-c2nccc(n2)Nc2cc3c(cn2)c(N2CCCC2)nn31. The molecular weight excluding hydrogens is 418 g/mol. The van der Waals surface area contributed by atoms with Crippen molar-refractivity contribution in [1.82, 2.24) is 34.5 Å². The molecule has 10 heteroatoms. The highest BCUT2D eigenvalue weighted by Crippen LogP contribution is 2.33. The molecule has 0 aliphatic carbocycles. The molecule has 2 aliphatic rings. The Morgan fingerprint density at radius 2 is 1.97 bits per heavy atom. The van der Waals surface area contributed by atoms with Gasteiger partial charge in [-0.15, -0.1) is 0 Å². The molecule has 4 aromatic rings. The van der Waals surface area contributed by atoms with Gasteiger partial charge in [0.05, 0.1) is 29.7 Å². The summed E-state index contributed by atoms with van der Waals surface area (Å²) in [7, 11) is 1.87. The molecule has 33 heavy (non-hydrogen) atoms. The second-order valence-electron chi connectivity index (χ2n) is 8.77. The maximum absolute atomic E-state index is 6.14. The first-order valence-corrected chi connectivity index (χ1v) is 11.6. The first-order chi connectivity index (χ1) is 16.2. The number of rotatable bonds is 1. The second-order valence-corrected chi connectivity index (χ2v) is 8.77. The minimum Gasteiger partial charge on any atom is -0.477 e. The van der Waals surface area contributed by atoms with Crippen molar-refractivity contribution in [3.05, 3.63) is 30.7 Å². The zero-order valence-corrected chi connectivity index (χ0v) is 18.9. The number of anilines is 3. The van der Waals surface area contributed by atoms with E-state index in [1.165, 1.54) is 12.8 Å². The summed E-state index contributed by atoms with van der Waals surface area (Å²) in [6, 6.07) is 4.13. The number of ether oxygens (including phenoxy) is 1. The third-order valence-electron chi connectivity index (χ3n) is 6.44. The molecular formula is C23H27N9O. The minimum atomic E-state index is 0.222. The molecule has 0 amide bonds. The number of hydrogen-bond acceptors (Lipinski definition) is 8. The maximum atomic E-state index is 6.14. The highest BCUT2D eigenvalue weighted by atomic mass is 16.5. The van der Waals surface area contributed by atoms with Crippen molar-refractivity contribution >= 4 is 28.4 Å². The fourth-order valence-corrected chi connectivity index (χ4v) is 4.69. The summed E-state index contributed by atoms with van der Waals surface area (Å²) in [6.45, 7) is 4.89. The molecule has 2 aliphatic heterocycles. The summed E-state index contributed by atoms with van der Waals surface area (Å²) in [5.74, 6) is 3.66. The van der Waals surface area contributed by atoms with Gasteiger partial charge in [-0.2, -0.15) is 10.2 Å². The molecule has 6 heterocycles. The summed E-state index contributed by atoms with van der Waals surface area (Å²) >= 11 is 0. The van der Waals surface area contributed by atoms with Crippen LogP contribution in [0.15, 0.2) is 30.7 Å². The molecule has 1 fully saturated rings. The highest BCUT2D eigenvalue weighted by molar-refractivity contribution is 5.92. The van der Waals surface area contributed by atoms with Gasteiger partial charge in [0.1, 0.15) is 17.2 Å². The Labute approximate surface area is 191 Å². The second kappa shape index (κ2) is 8.02. The van der Waals surface area contributed by atoms with Crippen LogP contribution in [0.25, 0.3) is 22.3 Å². The third kappa shape index (κ3) is 3.55. The topological polar surface area (TPSA) is 98.8 Å². The number of nitrogens with zero attached hydrogens (tertiary/aromatic N) is 8. The number of nitrogens with one attached hydrogen (secondary N) is 1. The summed E-state index contributed by atoms with van der Waals surface area (Å²) in [5.41, 5.74) is 1.86. The molecule has 10 nitrogen and oxygen atoms in total. The Morgan fingerprint density at radius 3 is 2.85 bits per heavy atom. The van der Waals surface area contributed by atoms with E-state index in [2.05, 4.69) is 38.0 Å². The molecule has 4 bridgehead atoms. The zero-order valence-electron chi connectivity index (χ0n) is 18.9. The van der Waals surface area contributed by atoms with Crippen LogP contribution in [-0.4, -0.2) is 54.2 Å². The Kier molecular flexibility index (Phi) is 4.85. The van der Waals surface area contributed by atoms with E-state index in [9.17, 15) is 0 Å². The van der Waals surface area contributed by atoms with Crippen molar-refractivity contribution < 1.29 is 4.74 Å². The predicted octanol–water partition coefficient (Wildman–Crippen LogP) is 3.70. The smallest absolute Gasteiger partial charge is 0.222 e. The summed E-state index contributed by atoms with van der Waals surface area (Å²) in [4.78, 5) is 16.2. The van der Waals surface area contributed by atoms with Crippen LogP contribution < -0.4 is 15.0 Å². The van der Waals surface area contributed by atoms with Gasteiger partial charge in [-0.1, -0.05) is 0 Å². The van der Waals surface area contributed by atoms with E-state index in [1.54, 1.807) is 17.1 Å². The molecule has 4 aromatic heterocycles. The summed E-state index contributed by atoms with van der Waals surface area (Å²) in [5, 5.41) is 13.9. The number of pyridine rings is 1. The number of hydrogen-bond donors (Lipinski definition) is 1. The van der Waals surface area contributed by atoms with Crippen LogP contribution in [0, 0.1) is 0 Å². The van der Waals surface area contributed by atoms with Crippen molar-refractivity contribution in [2.75, 3.05) is 29.9 Å². The molecule has 1 atom stereocenters. The lowest BCUT2D eigenvalue weighted by atomic mass is 10.2. The minimum absolute atomic E-state index is 0.222. The van der Waals surface area contributed by atoms with E-state index in [0.717, 1.165) is 54.0 Å². The van der Waals surface area contributed by atoms with Crippen LogP contribution in [0.1, 0.15) is 38.6 Å². The van der Waals surface area contributed by atoms with Crippen LogP contribution in [0.3, 0.4) is 0 Å². The molecule has 1 N–H and O–H groups in total. The number of aryl methyl sites for hydroxylation is 1. The quantitative estimate of drug-likeness (QED) is 0.474. The van der Waals surface area contributed by atoms with Gasteiger partial charge >= 0.3 is 0 Å². The third-order valence-corrected chi connectivity index (χ3v) is 6.44. The van der Waals surface area contributed by atoms with Gasteiger partial charge < -0.3 is 15.0 Å². The van der Waals surface area contributed by atoms with E-state index in [0.29, 0.717) is 24.1 Å². The lowest BCUT2D eigenvalue weighted by Gasteiger charge is -2.16. The molecule has 0 spiro atoms. The van der Waals surface area contributed by atoms with Crippen LogP contribution in [0.5, 0.6) is 5.88 Å². The molecule has 6 rings (SSSR count). The number of fused-ring (bicyclic) bond motifs is 5. The molecule has 0 saturated carbocycles. The lowest BCUT2D eigenvalue weighted by Crippen LogP contribution is -2.19. The Balaban J connectivity index is 1.45. The van der Waals surface area contributed by atoms with Gasteiger partial charge in [0, 0.05) is 38.6 Å². The van der Waals surface area contributed by atoms with E-state index >= 15 is 0 Å². The van der Waals surface area contributed by atoms with E-state index in [4.69, 9.17) is 19.8 Å². The standard InChI is InChI=1S/C23H27N9O/c1-15-6-5-11-33-23-17(14-26-30(23)2)21-24-8-7-19(28-21)27-20-12-18-16(13-25-20)22(29-32(15)18)31-9-3-4-10-31/h7-8,12-15H,3-6,9-11H2,1-2H3,(H,24,25,27,28)/t15-/m0/s1. The largest absolute Gasteiger partial charge is 0.477 e. The van der Waals surface area contributed by atoms with Crippen molar-refractivity contribution in [3.8, 4) is 17.3 Å². The van der Waals surface area contributed by atoms with Crippen molar-refractivity contribution in [2.45, 2.75) is 38.6 Å². The monoisotopic (exact) mass is 445 g/mol. The van der Waals surface area contributed by atoms with Gasteiger partial charge in [0.25, 0.3) is 0 Å². The van der Waals surface area contributed by atoms with Gasteiger partial charge in [0.2, 0.25) is 5.88 Å². The van der Waals surface area contributed by atoms with Crippen molar-refractivity contribution in [3.63, 3.8) is 0 Å². The van der Waals surface area contributed by atoms with Crippen LogP contribution in [0.2, 0.25) is 0 Å². The molecule has 0 radical (unpaired) electrons. The Hall–Kier alpha value is -3.69. The fraction of sp³-hybridized carbons (Fsp3) is 0.435. The van der Waals surface area contributed by atoms with Crippen LogP contribution in [0.4, 0.5) is 17.5 Å². The zero-order chi connectivity index (χ0) is 22.4. The molecule has 0 unspecified atom stereocenters. The highest BCUT2D eigenvalue weighted by Gasteiger charge is 2.23. The average Bonchev–Trinajstić information content (AvgIpc) is 3.55. The average molecular weight is 446 g/mol. The van der Waals surface area contributed by atoms with Crippen molar-refractivity contribution in [2.24, 2.45) is 7.05 Å². The Bertz CT molecular complexity index is 1300. The van der Waals surface area contributed by atoms with Gasteiger partial charge in [-0.05, 0) is 38.7 Å². The maximum Gasteiger partial charge on any atom is 0.222 e. The van der Waals surface area contributed by atoms with Gasteiger partial charge in [0.15, 0.2) is 11.6 Å². The summed E-state index contributed by atoms with van der Waals surface area (Å²) < 4.78 is 10.0. The molecule has 1 saturated heterocycles. The van der Waals surface area contributed by atoms with Gasteiger partial charge in [-0.3, -0.25) is 4.68 Å². The van der Waals surface area contributed by atoms with E-state index < -0.39 is 0 Å². The van der Waals surface area contributed by atoms with Gasteiger partial charge in [-0.25, -0.2) is 19.6 Å². The first kappa shape index (κ1) is 20.0. The lowest BCUT2D eigenvalue weighted by molar-refractivity contribution is 0.271. The predicted molar refractivity (Wildman–Crippen MR) is 126 cm³/mol. The van der Waals surface area contributed by atoms with E-state index in [1.807, 2.05) is 19.3 Å². The molecule has 170 valence electrons. The van der Waals surface area contributed by atoms with E-state index in [-0.39, 0.29) is 6.04 Å². The van der Waals surface area contributed by atoms with Crippen molar-refractivity contribution in [1.29, 1.82) is 0 Å². The van der Waals surface area contributed by atoms with Crippen LogP contribution in [-0.2, 0) is 7.05 Å². The van der Waals surface area contributed by atoms with Crippen LogP contribution >= 0.6 is 0 Å². The Morgan fingerprint density at radius 1 is 1.09 bits per heavy atom. The first-order valence-electron chi connectivity index (χ1n) is 11.6. The fourth-order valence-electron chi connectivity index (χ4n) is 4.69. The number of aromatic nitrogens is 7.